The SMILES string of the molecule is CCCCCCc1ccsc1-c1ccc(-c2sc(C3=C4C(=O)NC(c5cc(CCCCCC)c(-c6ccc(-c7sccc7CCCCCC)s6)s5)=C4C(=O)N3)cc2CCCCCC)s1. The standard InChI is InChI=1S/C54H64N2O2S6/c1-5-9-13-17-21-35-29-31-59-49(35)39-25-27-41(61-39)51-37(23-19-15-11-7-3)33-43(63-51)47-45-46(54(58)55-47)48(56-53(45)57)44-34-38(24-20-16-12-8-4)52(64-44)42-28-26-40(62-42)50-36(30-32-60-50)22-18-14-10-6-2/h25-34H,5-24H2,1-4H3,(H,55,58)(H,56,57). The molecule has 0 radical (unpaired) electrons. The summed E-state index contributed by atoms with van der Waals surface area (Å²) < 4.78 is 0. The van der Waals surface area contributed by atoms with E-state index in [4.69, 9.17) is 0 Å². The van der Waals surface area contributed by atoms with Gasteiger partial charge in [-0.15, -0.1) is 68.0 Å². The van der Waals surface area contributed by atoms with Crippen molar-refractivity contribution in [1.29, 1.82) is 0 Å². The summed E-state index contributed by atoms with van der Waals surface area (Å²) in [6.07, 6.45) is 23.8. The maximum Gasteiger partial charge on any atom is 0.258 e. The van der Waals surface area contributed by atoms with E-state index in [0.29, 0.717) is 22.5 Å². The average Bonchev–Trinajstić information content (AvgIpc) is 4.15. The highest BCUT2D eigenvalue weighted by molar-refractivity contribution is 7.27. The Hall–Kier alpha value is -3.38. The van der Waals surface area contributed by atoms with Crippen LogP contribution < -0.4 is 10.6 Å². The minimum atomic E-state index is -0.192. The van der Waals surface area contributed by atoms with Crippen molar-refractivity contribution in [2.75, 3.05) is 0 Å². The van der Waals surface area contributed by atoms with E-state index in [9.17, 15) is 9.59 Å². The number of thiophene rings is 6. The molecule has 2 aliphatic rings. The third kappa shape index (κ3) is 10.7. The summed E-state index contributed by atoms with van der Waals surface area (Å²) in [6.45, 7) is 9.06. The highest BCUT2D eigenvalue weighted by Crippen LogP contribution is 2.49. The summed E-state index contributed by atoms with van der Waals surface area (Å²) in [5.41, 5.74) is 7.85. The lowest BCUT2D eigenvalue weighted by atomic mass is 10.0. The minimum absolute atomic E-state index is 0.192. The molecule has 2 N–H and O–H groups in total. The van der Waals surface area contributed by atoms with Gasteiger partial charge < -0.3 is 10.6 Å². The molecule has 10 heteroatoms. The van der Waals surface area contributed by atoms with E-state index in [2.05, 4.69) is 97.6 Å². The molecule has 4 nitrogen and oxygen atoms in total. The molecule has 8 heterocycles. The van der Waals surface area contributed by atoms with Gasteiger partial charge in [-0.2, -0.15) is 0 Å². The average molecular weight is 966 g/mol. The van der Waals surface area contributed by atoms with Crippen LogP contribution in [-0.2, 0) is 35.3 Å². The Kier molecular flexibility index (Phi) is 16.8. The summed E-state index contributed by atoms with van der Waals surface area (Å²) in [6, 6.07) is 18.4. The Labute approximate surface area is 406 Å². The van der Waals surface area contributed by atoms with Gasteiger partial charge in [0.2, 0.25) is 0 Å². The molecule has 0 saturated heterocycles. The smallest absolute Gasteiger partial charge is 0.258 e. The Morgan fingerprint density at radius 2 is 0.719 bits per heavy atom. The molecule has 0 saturated carbocycles. The lowest BCUT2D eigenvalue weighted by Gasteiger charge is -2.04. The van der Waals surface area contributed by atoms with Crippen LogP contribution in [0.5, 0.6) is 0 Å². The number of hydrogen-bond acceptors (Lipinski definition) is 8. The van der Waals surface area contributed by atoms with E-state index in [0.717, 1.165) is 48.3 Å². The first kappa shape index (κ1) is 47.1. The summed E-state index contributed by atoms with van der Waals surface area (Å²) in [5.74, 6) is -0.384. The number of carbonyl (C=O) groups is 2. The van der Waals surface area contributed by atoms with Crippen molar-refractivity contribution in [3.8, 4) is 39.0 Å². The van der Waals surface area contributed by atoms with Crippen LogP contribution in [0.15, 0.2) is 70.4 Å². The van der Waals surface area contributed by atoms with E-state index in [-0.39, 0.29) is 11.8 Å². The lowest BCUT2D eigenvalue weighted by Crippen LogP contribution is -2.20. The van der Waals surface area contributed by atoms with Crippen LogP contribution in [0.1, 0.15) is 162 Å². The highest BCUT2D eigenvalue weighted by atomic mass is 32.1. The number of unbranched alkanes of at least 4 members (excludes halogenated alkanes) is 12. The zero-order valence-electron chi connectivity index (χ0n) is 38.2. The predicted molar refractivity (Wildman–Crippen MR) is 283 cm³/mol. The molecule has 0 fully saturated rings. The van der Waals surface area contributed by atoms with Crippen LogP contribution in [0.4, 0.5) is 0 Å². The number of amides is 2. The summed E-state index contributed by atoms with van der Waals surface area (Å²) in [7, 11) is 0. The van der Waals surface area contributed by atoms with Crippen molar-refractivity contribution in [3.63, 3.8) is 0 Å². The molecule has 0 aromatic carbocycles. The largest absolute Gasteiger partial charge is 0.320 e. The molecule has 8 rings (SSSR count). The number of hydrogen-bond donors (Lipinski definition) is 2. The molecule has 2 amide bonds. The Morgan fingerprint density at radius 3 is 1.08 bits per heavy atom. The van der Waals surface area contributed by atoms with Crippen molar-refractivity contribution in [2.24, 2.45) is 0 Å². The molecular formula is C54H64N2O2S6. The molecule has 0 unspecified atom stereocenters. The fourth-order valence-electron chi connectivity index (χ4n) is 9.07. The van der Waals surface area contributed by atoms with Gasteiger partial charge in [0, 0.05) is 39.0 Å². The zero-order valence-corrected chi connectivity index (χ0v) is 43.1. The first-order valence-electron chi connectivity index (χ1n) is 24.1. The van der Waals surface area contributed by atoms with Crippen molar-refractivity contribution in [2.45, 2.75) is 156 Å². The normalized spacial score (nSPS) is 13.8. The van der Waals surface area contributed by atoms with E-state index >= 15 is 0 Å². The van der Waals surface area contributed by atoms with E-state index < -0.39 is 0 Å². The molecule has 6 aromatic rings. The molecule has 0 spiro atoms. The first-order valence-corrected chi connectivity index (χ1v) is 29.2. The summed E-state index contributed by atoms with van der Waals surface area (Å²) in [5, 5.41) is 10.9. The number of aryl methyl sites for hydroxylation is 4. The van der Waals surface area contributed by atoms with Crippen LogP contribution in [-0.4, -0.2) is 11.8 Å². The van der Waals surface area contributed by atoms with Crippen molar-refractivity contribution in [1.82, 2.24) is 10.6 Å². The Morgan fingerprint density at radius 1 is 0.375 bits per heavy atom. The summed E-state index contributed by atoms with van der Waals surface area (Å²) >= 11 is 10.9. The zero-order chi connectivity index (χ0) is 44.4. The van der Waals surface area contributed by atoms with Crippen molar-refractivity contribution >= 4 is 91.2 Å². The number of fused-ring (bicyclic) bond motifs is 1. The highest BCUT2D eigenvalue weighted by Gasteiger charge is 2.42. The van der Waals surface area contributed by atoms with Crippen LogP contribution >= 0.6 is 68.0 Å². The predicted octanol–water partition coefficient (Wildman–Crippen LogP) is 17.6. The lowest BCUT2D eigenvalue weighted by molar-refractivity contribution is -0.117. The molecule has 0 bridgehead atoms. The van der Waals surface area contributed by atoms with Crippen LogP contribution in [0, 0.1) is 0 Å². The summed E-state index contributed by atoms with van der Waals surface area (Å²) in [4.78, 5) is 40.7. The fourth-order valence-corrected chi connectivity index (χ4v) is 16.0. The maximum absolute atomic E-state index is 14.1. The van der Waals surface area contributed by atoms with Crippen LogP contribution in [0.2, 0.25) is 0 Å². The minimum Gasteiger partial charge on any atom is -0.320 e. The first-order chi connectivity index (χ1) is 31.4. The van der Waals surface area contributed by atoms with Crippen LogP contribution in [0.3, 0.4) is 0 Å². The number of rotatable bonds is 26. The van der Waals surface area contributed by atoms with Gasteiger partial charge in [0.15, 0.2) is 0 Å². The van der Waals surface area contributed by atoms with Gasteiger partial charge in [0.25, 0.3) is 11.8 Å². The number of carbonyl (C=O) groups excluding carboxylic acids is 2. The van der Waals surface area contributed by atoms with Gasteiger partial charge >= 0.3 is 0 Å². The molecular weight excluding hydrogens is 901 g/mol. The molecule has 0 atom stereocenters. The molecule has 2 aliphatic heterocycles. The molecule has 64 heavy (non-hydrogen) atoms. The third-order valence-corrected chi connectivity index (χ3v) is 19.8. The second-order valence-corrected chi connectivity index (χ2v) is 23.6. The topological polar surface area (TPSA) is 58.2 Å². The van der Waals surface area contributed by atoms with Gasteiger partial charge in [-0.1, -0.05) is 105 Å². The second kappa shape index (κ2) is 22.9. The van der Waals surface area contributed by atoms with E-state index in [1.54, 1.807) is 22.7 Å². The van der Waals surface area contributed by atoms with Gasteiger partial charge in [0.05, 0.1) is 32.3 Å². The monoisotopic (exact) mass is 964 g/mol. The van der Waals surface area contributed by atoms with Crippen molar-refractivity contribution in [3.05, 3.63) is 102 Å². The molecule has 0 aliphatic carbocycles. The van der Waals surface area contributed by atoms with E-state index in [1.807, 2.05) is 45.3 Å². The van der Waals surface area contributed by atoms with E-state index in [1.165, 1.54) is 151 Å². The van der Waals surface area contributed by atoms with Gasteiger partial charge in [-0.3, -0.25) is 9.59 Å². The van der Waals surface area contributed by atoms with Crippen LogP contribution in [0.25, 0.3) is 50.4 Å². The maximum atomic E-state index is 14.1. The molecule has 6 aromatic heterocycles. The van der Waals surface area contributed by atoms with Gasteiger partial charge in [0.1, 0.15) is 0 Å². The molecule has 338 valence electrons. The Bertz CT molecular complexity index is 2400. The fraction of sp³-hybridized carbons (Fsp3) is 0.444. The Balaban J connectivity index is 1.11. The quantitative estimate of drug-likeness (QED) is 0.0532. The van der Waals surface area contributed by atoms with Gasteiger partial charge in [-0.05, 0) is 133 Å². The van der Waals surface area contributed by atoms with Gasteiger partial charge in [-0.25, -0.2) is 0 Å². The number of nitrogens with one attached hydrogen (secondary N) is 2. The second-order valence-electron chi connectivity index (χ2n) is 17.5. The van der Waals surface area contributed by atoms with Crippen molar-refractivity contribution < 1.29 is 9.59 Å². The third-order valence-electron chi connectivity index (χ3n) is 12.6.